The van der Waals surface area contributed by atoms with Gasteiger partial charge in [-0.2, -0.15) is 0 Å². The lowest BCUT2D eigenvalue weighted by Crippen LogP contribution is -1.81. The molecule has 1 aromatic heterocycles. The van der Waals surface area contributed by atoms with Gasteiger partial charge in [0.05, 0.1) is 0 Å². The molecule has 0 saturated carbocycles. The smallest absolute Gasteiger partial charge is 0.0457 e. The molecule has 0 radical (unpaired) electrons. The van der Waals surface area contributed by atoms with Crippen LogP contribution in [0.25, 0.3) is 0 Å². The Bertz CT molecular complexity index is 278. The summed E-state index contributed by atoms with van der Waals surface area (Å²) in [6.45, 7) is 3.85. The van der Waals surface area contributed by atoms with Crippen LogP contribution in [0.5, 0.6) is 0 Å². The molecule has 1 rings (SSSR count). The van der Waals surface area contributed by atoms with Crippen molar-refractivity contribution in [1.82, 2.24) is 4.98 Å². The van der Waals surface area contributed by atoms with Crippen molar-refractivity contribution in [2.45, 2.75) is 13.8 Å². The molecule has 0 amide bonds. The van der Waals surface area contributed by atoms with Gasteiger partial charge in [-0.05, 0) is 25.5 Å². The van der Waals surface area contributed by atoms with Crippen molar-refractivity contribution in [3.63, 3.8) is 0 Å². The molecular formula is C9H9N. The second kappa shape index (κ2) is 3.03. The van der Waals surface area contributed by atoms with Crippen molar-refractivity contribution in [2.75, 3.05) is 0 Å². The van der Waals surface area contributed by atoms with E-state index in [0.717, 1.165) is 5.56 Å². The molecule has 0 bridgehead atoms. The fourth-order valence-corrected chi connectivity index (χ4v) is 0.730. The Labute approximate surface area is 61.1 Å². The van der Waals surface area contributed by atoms with E-state index in [9.17, 15) is 0 Å². The molecule has 10 heavy (non-hydrogen) atoms. The SMILES string of the molecule is CC#Cc1cnccc1C. The predicted octanol–water partition coefficient (Wildman–Crippen LogP) is 1.76. The lowest BCUT2D eigenvalue weighted by atomic mass is 10.2. The summed E-state index contributed by atoms with van der Waals surface area (Å²) in [5.41, 5.74) is 2.20. The molecule has 50 valence electrons. The van der Waals surface area contributed by atoms with E-state index >= 15 is 0 Å². The minimum Gasteiger partial charge on any atom is -0.263 e. The molecule has 0 aliphatic heterocycles. The number of hydrogen-bond donors (Lipinski definition) is 0. The highest BCUT2D eigenvalue weighted by Gasteiger charge is 1.89. The van der Waals surface area contributed by atoms with Crippen LogP contribution in [0.3, 0.4) is 0 Å². The van der Waals surface area contributed by atoms with Crippen molar-refractivity contribution in [1.29, 1.82) is 0 Å². The molecule has 0 spiro atoms. The second-order valence-corrected chi connectivity index (χ2v) is 2.07. The number of pyridine rings is 1. The molecule has 0 aromatic carbocycles. The summed E-state index contributed by atoms with van der Waals surface area (Å²) in [5, 5.41) is 0. The molecule has 1 heterocycles. The highest BCUT2D eigenvalue weighted by atomic mass is 14.6. The fraction of sp³-hybridized carbons (Fsp3) is 0.222. The van der Waals surface area contributed by atoms with Gasteiger partial charge in [0.2, 0.25) is 0 Å². The van der Waals surface area contributed by atoms with Gasteiger partial charge >= 0.3 is 0 Å². The van der Waals surface area contributed by atoms with Crippen LogP contribution < -0.4 is 0 Å². The summed E-state index contributed by atoms with van der Waals surface area (Å²) in [6, 6.07) is 1.96. The zero-order valence-electron chi connectivity index (χ0n) is 6.18. The summed E-state index contributed by atoms with van der Waals surface area (Å²) in [7, 11) is 0. The second-order valence-electron chi connectivity index (χ2n) is 2.07. The van der Waals surface area contributed by atoms with Crippen LogP contribution in [0.1, 0.15) is 18.1 Å². The van der Waals surface area contributed by atoms with Crippen molar-refractivity contribution in [3.05, 3.63) is 29.6 Å². The van der Waals surface area contributed by atoms with E-state index in [0.29, 0.717) is 0 Å². The molecule has 0 saturated heterocycles. The molecule has 0 unspecified atom stereocenters. The summed E-state index contributed by atoms with van der Waals surface area (Å²) in [5.74, 6) is 5.80. The van der Waals surface area contributed by atoms with E-state index in [2.05, 4.69) is 16.8 Å². The van der Waals surface area contributed by atoms with Crippen molar-refractivity contribution >= 4 is 0 Å². The van der Waals surface area contributed by atoms with E-state index in [1.807, 2.05) is 19.9 Å². The Morgan fingerprint density at radius 1 is 1.50 bits per heavy atom. The topological polar surface area (TPSA) is 12.9 Å². The lowest BCUT2D eigenvalue weighted by molar-refractivity contribution is 1.27. The summed E-state index contributed by atoms with van der Waals surface area (Å²) in [6.07, 6.45) is 3.56. The first-order valence-electron chi connectivity index (χ1n) is 3.18. The van der Waals surface area contributed by atoms with Crippen LogP contribution in [0, 0.1) is 18.8 Å². The standard InChI is InChI=1S/C9H9N/c1-3-4-9-7-10-6-5-8(9)2/h5-7H,1-2H3. The Morgan fingerprint density at radius 3 is 2.90 bits per heavy atom. The van der Waals surface area contributed by atoms with Crippen LogP contribution >= 0.6 is 0 Å². The number of aromatic nitrogens is 1. The van der Waals surface area contributed by atoms with Gasteiger partial charge in [-0.15, -0.1) is 5.92 Å². The van der Waals surface area contributed by atoms with Crippen molar-refractivity contribution < 1.29 is 0 Å². The van der Waals surface area contributed by atoms with E-state index in [1.54, 1.807) is 12.4 Å². The summed E-state index contributed by atoms with van der Waals surface area (Å²) < 4.78 is 0. The maximum absolute atomic E-state index is 3.96. The quantitative estimate of drug-likeness (QED) is 0.489. The Kier molecular flexibility index (Phi) is 2.07. The van der Waals surface area contributed by atoms with E-state index < -0.39 is 0 Å². The van der Waals surface area contributed by atoms with Crippen molar-refractivity contribution in [3.8, 4) is 11.8 Å². The zero-order valence-corrected chi connectivity index (χ0v) is 6.18. The minimum atomic E-state index is 1.02. The average Bonchev–Trinajstić information content (AvgIpc) is 1.94. The number of rotatable bonds is 0. The largest absolute Gasteiger partial charge is 0.263 e. The Balaban J connectivity index is 3.11. The van der Waals surface area contributed by atoms with Crippen LogP contribution in [-0.2, 0) is 0 Å². The molecule has 0 N–H and O–H groups in total. The van der Waals surface area contributed by atoms with Gasteiger partial charge in [0.25, 0.3) is 0 Å². The summed E-state index contributed by atoms with van der Waals surface area (Å²) in [4.78, 5) is 3.96. The Morgan fingerprint density at radius 2 is 2.30 bits per heavy atom. The Hall–Kier alpha value is -1.29. The fourth-order valence-electron chi connectivity index (χ4n) is 0.730. The van der Waals surface area contributed by atoms with Gasteiger partial charge in [-0.3, -0.25) is 4.98 Å². The van der Waals surface area contributed by atoms with Crippen molar-refractivity contribution in [2.24, 2.45) is 0 Å². The zero-order chi connectivity index (χ0) is 7.40. The highest BCUT2D eigenvalue weighted by molar-refractivity contribution is 5.37. The minimum absolute atomic E-state index is 1.02. The average molecular weight is 131 g/mol. The molecule has 0 atom stereocenters. The first kappa shape index (κ1) is 6.82. The van der Waals surface area contributed by atoms with Gasteiger partial charge in [-0.1, -0.05) is 5.92 Å². The molecule has 1 heteroatoms. The van der Waals surface area contributed by atoms with E-state index in [-0.39, 0.29) is 0 Å². The van der Waals surface area contributed by atoms with Crippen LogP contribution in [0.2, 0.25) is 0 Å². The molecular weight excluding hydrogens is 122 g/mol. The molecule has 0 aliphatic carbocycles. The number of aryl methyl sites for hydroxylation is 1. The molecule has 1 aromatic rings. The number of nitrogens with zero attached hydrogens (tertiary/aromatic N) is 1. The van der Waals surface area contributed by atoms with Gasteiger partial charge in [-0.25, -0.2) is 0 Å². The first-order chi connectivity index (χ1) is 4.84. The van der Waals surface area contributed by atoms with Gasteiger partial charge < -0.3 is 0 Å². The third-order valence-electron chi connectivity index (χ3n) is 1.30. The van der Waals surface area contributed by atoms with Gasteiger partial charge in [0.15, 0.2) is 0 Å². The van der Waals surface area contributed by atoms with E-state index in [4.69, 9.17) is 0 Å². The van der Waals surface area contributed by atoms with E-state index in [1.165, 1.54) is 5.56 Å². The third kappa shape index (κ3) is 1.35. The summed E-state index contributed by atoms with van der Waals surface area (Å²) >= 11 is 0. The first-order valence-corrected chi connectivity index (χ1v) is 3.18. The monoisotopic (exact) mass is 131 g/mol. The maximum atomic E-state index is 3.96. The van der Waals surface area contributed by atoms with Crippen LogP contribution in [0.4, 0.5) is 0 Å². The molecule has 1 nitrogen and oxygen atoms in total. The van der Waals surface area contributed by atoms with Gasteiger partial charge in [0, 0.05) is 18.0 Å². The van der Waals surface area contributed by atoms with Crippen LogP contribution in [0.15, 0.2) is 18.5 Å². The number of hydrogen-bond acceptors (Lipinski definition) is 1. The highest BCUT2D eigenvalue weighted by Crippen LogP contribution is 2.01. The van der Waals surface area contributed by atoms with Gasteiger partial charge in [0.1, 0.15) is 0 Å². The third-order valence-corrected chi connectivity index (χ3v) is 1.30. The lowest BCUT2D eigenvalue weighted by Gasteiger charge is -1.92. The normalized spacial score (nSPS) is 8.20. The predicted molar refractivity (Wildman–Crippen MR) is 41.5 cm³/mol. The molecule has 0 aliphatic rings. The maximum Gasteiger partial charge on any atom is 0.0457 e. The molecule has 0 fully saturated rings. The van der Waals surface area contributed by atoms with Crippen LogP contribution in [-0.4, -0.2) is 4.98 Å².